The van der Waals surface area contributed by atoms with Crippen LogP contribution in [0.15, 0.2) is 42.5 Å². The molecule has 1 N–H and O–H groups in total. The molecule has 0 bridgehead atoms. The van der Waals surface area contributed by atoms with E-state index in [4.69, 9.17) is 4.74 Å². The molecule has 6 heteroatoms. The third-order valence-electron chi connectivity index (χ3n) is 4.39. The van der Waals surface area contributed by atoms with Crippen LogP contribution in [0.2, 0.25) is 0 Å². The minimum atomic E-state index is -0.759. The Balaban J connectivity index is 2.17. The van der Waals surface area contributed by atoms with Crippen LogP contribution >= 0.6 is 0 Å². The van der Waals surface area contributed by atoms with Gasteiger partial charge in [-0.15, -0.1) is 0 Å². The van der Waals surface area contributed by atoms with E-state index in [-0.39, 0.29) is 19.1 Å². The lowest BCUT2D eigenvalue weighted by Gasteiger charge is -2.28. The first-order chi connectivity index (χ1) is 12.8. The lowest BCUT2D eigenvalue weighted by molar-refractivity contribution is -0.142. The summed E-state index contributed by atoms with van der Waals surface area (Å²) in [4.78, 5) is 26.2. The Hall–Kier alpha value is -2.89. The summed E-state index contributed by atoms with van der Waals surface area (Å²) in [5.41, 5.74) is 2.36. The summed E-state index contributed by atoms with van der Waals surface area (Å²) < 4.78 is 19.7. The molecule has 0 aliphatic rings. The fraction of sp³-hybridized carbons (Fsp3) is 0.333. The molecule has 1 atom stereocenters. The molecule has 0 aromatic heterocycles. The molecule has 0 aliphatic heterocycles. The molecule has 0 radical (unpaired) electrons. The number of hydrogen-bond acceptors (Lipinski definition) is 3. The van der Waals surface area contributed by atoms with Gasteiger partial charge in [-0.2, -0.15) is 0 Å². The zero-order chi connectivity index (χ0) is 20.0. The lowest BCUT2D eigenvalue weighted by Crippen LogP contribution is -2.48. The van der Waals surface area contributed by atoms with Gasteiger partial charge in [0.25, 0.3) is 5.91 Å². The van der Waals surface area contributed by atoms with Crippen LogP contribution < -0.4 is 10.1 Å². The molecule has 0 heterocycles. The van der Waals surface area contributed by atoms with Gasteiger partial charge in [0.1, 0.15) is 17.6 Å². The number of benzene rings is 2. The van der Waals surface area contributed by atoms with Gasteiger partial charge < -0.3 is 15.0 Å². The molecule has 1 unspecified atom stereocenters. The molecular formula is C21H25FN2O3. The maximum absolute atomic E-state index is 14.0. The number of ether oxygens (including phenoxy) is 1. The van der Waals surface area contributed by atoms with Crippen molar-refractivity contribution in [1.29, 1.82) is 0 Å². The van der Waals surface area contributed by atoms with E-state index in [0.717, 1.165) is 11.1 Å². The van der Waals surface area contributed by atoms with Crippen molar-refractivity contribution in [2.24, 2.45) is 0 Å². The Morgan fingerprint density at radius 1 is 1.19 bits per heavy atom. The van der Waals surface area contributed by atoms with Crippen LogP contribution in [0.3, 0.4) is 0 Å². The van der Waals surface area contributed by atoms with Gasteiger partial charge in [0.15, 0.2) is 6.61 Å². The number of nitrogens with one attached hydrogen (secondary N) is 1. The van der Waals surface area contributed by atoms with Crippen LogP contribution in [0.1, 0.15) is 23.6 Å². The van der Waals surface area contributed by atoms with E-state index in [9.17, 15) is 14.0 Å². The first-order valence-corrected chi connectivity index (χ1v) is 8.78. The Morgan fingerprint density at radius 3 is 2.52 bits per heavy atom. The molecule has 2 aromatic carbocycles. The SMILES string of the molecule is CNC(=O)C(C)N(Cc1ccccc1F)C(=O)COc1ccc(C)cc1C. The number of halogens is 1. The number of rotatable bonds is 7. The molecular weight excluding hydrogens is 347 g/mol. The fourth-order valence-corrected chi connectivity index (χ4v) is 2.79. The molecule has 27 heavy (non-hydrogen) atoms. The van der Waals surface area contributed by atoms with E-state index in [2.05, 4.69) is 5.32 Å². The molecule has 2 amide bonds. The molecule has 0 saturated carbocycles. The molecule has 0 saturated heterocycles. The molecule has 0 aliphatic carbocycles. The molecule has 2 rings (SSSR count). The molecule has 0 spiro atoms. The van der Waals surface area contributed by atoms with Crippen LogP contribution in [0.4, 0.5) is 4.39 Å². The summed E-state index contributed by atoms with van der Waals surface area (Å²) in [7, 11) is 1.50. The van der Waals surface area contributed by atoms with E-state index < -0.39 is 17.8 Å². The van der Waals surface area contributed by atoms with Crippen molar-refractivity contribution in [2.45, 2.75) is 33.4 Å². The van der Waals surface area contributed by atoms with E-state index in [1.165, 1.54) is 18.0 Å². The average Bonchev–Trinajstić information content (AvgIpc) is 2.65. The van der Waals surface area contributed by atoms with E-state index in [1.807, 2.05) is 26.0 Å². The van der Waals surface area contributed by atoms with E-state index in [0.29, 0.717) is 11.3 Å². The highest BCUT2D eigenvalue weighted by atomic mass is 19.1. The maximum atomic E-state index is 14.0. The number of aryl methyl sites for hydroxylation is 2. The van der Waals surface area contributed by atoms with Gasteiger partial charge in [-0.25, -0.2) is 4.39 Å². The minimum Gasteiger partial charge on any atom is -0.483 e. The van der Waals surface area contributed by atoms with E-state index >= 15 is 0 Å². The predicted molar refractivity (Wildman–Crippen MR) is 102 cm³/mol. The number of carbonyl (C=O) groups excluding carboxylic acids is 2. The standard InChI is InChI=1S/C21H25FN2O3/c1-14-9-10-19(15(2)11-14)27-13-20(25)24(16(3)21(26)23-4)12-17-7-5-6-8-18(17)22/h5-11,16H,12-13H2,1-4H3,(H,23,26). The van der Waals surface area contributed by atoms with Crippen molar-refractivity contribution < 1.29 is 18.7 Å². The normalized spacial score (nSPS) is 11.6. The second-order valence-corrected chi connectivity index (χ2v) is 6.46. The summed E-state index contributed by atoms with van der Waals surface area (Å²) in [5, 5.41) is 2.52. The van der Waals surface area contributed by atoms with Crippen molar-refractivity contribution in [3.63, 3.8) is 0 Å². The van der Waals surface area contributed by atoms with Gasteiger partial charge >= 0.3 is 0 Å². The largest absolute Gasteiger partial charge is 0.483 e. The van der Waals surface area contributed by atoms with Crippen molar-refractivity contribution in [1.82, 2.24) is 10.2 Å². The second-order valence-electron chi connectivity index (χ2n) is 6.46. The zero-order valence-electron chi connectivity index (χ0n) is 16.1. The number of carbonyl (C=O) groups is 2. The summed E-state index contributed by atoms with van der Waals surface area (Å²) >= 11 is 0. The molecule has 0 fully saturated rings. The zero-order valence-corrected chi connectivity index (χ0v) is 16.1. The average molecular weight is 372 g/mol. The highest BCUT2D eigenvalue weighted by Crippen LogP contribution is 2.19. The fourth-order valence-electron chi connectivity index (χ4n) is 2.79. The van der Waals surface area contributed by atoms with Gasteiger partial charge in [-0.05, 0) is 38.5 Å². The van der Waals surface area contributed by atoms with Crippen LogP contribution in [-0.2, 0) is 16.1 Å². The second kappa shape index (κ2) is 9.16. The Bertz CT molecular complexity index is 823. The van der Waals surface area contributed by atoms with Gasteiger partial charge in [0.05, 0.1) is 0 Å². The van der Waals surface area contributed by atoms with Crippen LogP contribution in [0, 0.1) is 19.7 Å². The number of nitrogens with zero attached hydrogens (tertiary/aromatic N) is 1. The molecule has 144 valence electrons. The smallest absolute Gasteiger partial charge is 0.261 e. The Kier molecular flexibility index (Phi) is 6.93. The molecule has 2 aromatic rings. The quantitative estimate of drug-likeness (QED) is 0.813. The highest BCUT2D eigenvalue weighted by molar-refractivity contribution is 5.87. The van der Waals surface area contributed by atoms with Crippen LogP contribution in [0.25, 0.3) is 0 Å². The van der Waals surface area contributed by atoms with Crippen molar-refractivity contribution in [3.8, 4) is 5.75 Å². The third-order valence-corrected chi connectivity index (χ3v) is 4.39. The Morgan fingerprint density at radius 2 is 1.89 bits per heavy atom. The molecule has 5 nitrogen and oxygen atoms in total. The maximum Gasteiger partial charge on any atom is 0.261 e. The number of amides is 2. The number of likely N-dealkylation sites (N-methyl/N-ethyl adjacent to an activating group) is 1. The van der Waals surface area contributed by atoms with E-state index in [1.54, 1.807) is 31.2 Å². The number of hydrogen-bond donors (Lipinski definition) is 1. The topological polar surface area (TPSA) is 58.6 Å². The van der Waals surface area contributed by atoms with Crippen molar-refractivity contribution in [3.05, 3.63) is 65.0 Å². The Labute approximate surface area is 159 Å². The van der Waals surface area contributed by atoms with Gasteiger partial charge in [0, 0.05) is 19.2 Å². The summed E-state index contributed by atoms with van der Waals surface area (Å²) in [6, 6.07) is 11.1. The monoisotopic (exact) mass is 372 g/mol. The first kappa shape index (κ1) is 20.4. The van der Waals surface area contributed by atoms with Crippen molar-refractivity contribution in [2.75, 3.05) is 13.7 Å². The summed E-state index contributed by atoms with van der Waals surface area (Å²) in [6.45, 7) is 5.23. The predicted octanol–water partition coefficient (Wildman–Crippen LogP) is 2.98. The minimum absolute atomic E-state index is 0.0175. The highest BCUT2D eigenvalue weighted by Gasteiger charge is 2.26. The van der Waals surface area contributed by atoms with Crippen LogP contribution in [0.5, 0.6) is 5.75 Å². The first-order valence-electron chi connectivity index (χ1n) is 8.78. The van der Waals surface area contributed by atoms with Gasteiger partial charge in [0.2, 0.25) is 5.91 Å². The summed E-state index contributed by atoms with van der Waals surface area (Å²) in [6.07, 6.45) is 0. The van der Waals surface area contributed by atoms with Crippen LogP contribution in [-0.4, -0.2) is 36.4 Å². The summed E-state index contributed by atoms with van der Waals surface area (Å²) in [5.74, 6) is -0.539. The van der Waals surface area contributed by atoms with Crippen molar-refractivity contribution >= 4 is 11.8 Å². The third kappa shape index (κ3) is 5.29. The van der Waals surface area contributed by atoms with Gasteiger partial charge in [-0.3, -0.25) is 9.59 Å². The lowest BCUT2D eigenvalue weighted by atomic mass is 10.1. The van der Waals surface area contributed by atoms with Gasteiger partial charge in [-0.1, -0.05) is 35.9 Å².